The van der Waals surface area contributed by atoms with Crippen LogP contribution >= 0.6 is 0 Å². The molecule has 4 N–H and O–H groups in total. The zero-order valence-electron chi connectivity index (χ0n) is 18.3. The number of carbonyl (C=O) groups excluding carboxylic acids is 2. The minimum atomic E-state index is -0.306. The van der Waals surface area contributed by atoms with Gasteiger partial charge in [-0.1, -0.05) is 18.2 Å². The number of likely N-dealkylation sites (N-methyl/N-ethyl adjacent to an activating group) is 2. The smallest absolute Gasteiger partial charge is 0.245 e. The highest BCUT2D eigenvalue weighted by molar-refractivity contribution is 5.88. The van der Waals surface area contributed by atoms with Gasteiger partial charge in [-0.05, 0) is 24.5 Å². The second kappa shape index (κ2) is 8.38. The lowest BCUT2D eigenvalue weighted by atomic mass is 9.87. The van der Waals surface area contributed by atoms with Crippen molar-refractivity contribution in [3.8, 4) is 0 Å². The predicted octanol–water partition coefficient (Wildman–Crippen LogP) is -0.616. The van der Waals surface area contributed by atoms with E-state index in [0.717, 1.165) is 38.0 Å². The van der Waals surface area contributed by atoms with Crippen LogP contribution in [0.3, 0.4) is 0 Å². The molecule has 0 bridgehead atoms. The summed E-state index contributed by atoms with van der Waals surface area (Å²) in [5.41, 5.74) is 12.1. The molecule has 168 valence electrons. The van der Waals surface area contributed by atoms with Gasteiger partial charge in [-0.25, -0.2) is 10.4 Å². The molecule has 5 rings (SSSR count). The maximum Gasteiger partial charge on any atom is 0.245 e. The van der Waals surface area contributed by atoms with Gasteiger partial charge in [0, 0.05) is 70.4 Å². The van der Waals surface area contributed by atoms with E-state index in [-0.39, 0.29) is 35.9 Å². The van der Waals surface area contributed by atoms with Crippen molar-refractivity contribution < 1.29 is 9.59 Å². The molecule has 4 heterocycles. The fraction of sp³-hybridized carbons (Fsp3) is 0.636. The zero-order chi connectivity index (χ0) is 21.5. The molecule has 0 aliphatic carbocycles. The van der Waals surface area contributed by atoms with E-state index in [4.69, 9.17) is 0 Å². The lowest BCUT2D eigenvalue weighted by molar-refractivity contribution is -0.137. The van der Waals surface area contributed by atoms with Crippen LogP contribution in [0.4, 0.5) is 5.69 Å². The highest BCUT2D eigenvalue weighted by Gasteiger charge is 2.46. The number of amides is 2. The molecule has 1 aromatic rings. The summed E-state index contributed by atoms with van der Waals surface area (Å²) >= 11 is 0. The number of fused-ring (bicyclic) bond motifs is 2. The van der Waals surface area contributed by atoms with Crippen molar-refractivity contribution in [2.24, 2.45) is 5.92 Å². The summed E-state index contributed by atoms with van der Waals surface area (Å²) in [6, 6.07) is 8.15. The third-order valence-corrected chi connectivity index (χ3v) is 7.40. The maximum absolute atomic E-state index is 13.2. The largest absolute Gasteiger partial charge is 0.373 e. The Morgan fingerprint density at radius 1 is 1.19 bits per heavy atom. The molecule has 0 spiro atoms. The van der Waals surface area contributed by atoms with E-state index in [1.807, 2.05) is 42.1 Å². The van der Waals surface area contributed by atoms with E-state index >= 15 is 0 Å². The van der Waals surface area contributed by atoms with Gasteiger partial charge in [0.25, 0.3) is 0 Å². The van der Waals surface area contributed by atoms with E-state index in [1.165, 1.54) is 5.56 Å². The van der Waals surface area contributed by atoms with Gasteiger partial charge in [0.1, 0.15) is 12.1 Å². The number of piperidine rings is 1. The summed E-state index contributed by atoms with van der Waals surface area (Å²) in [5.74, 6) is 0.316. The van der Waals surface area contributed by atoms with E-state index in [0.29, 0.717) is 19.1 Å². The molecule has 3 saturated heterocycles. The zero-order valence-corrected chi connectivity index (χ0v) is 18.3. The molecule has 4 aliphatic heterocycles. The highest BCUT2D eigenvalue weighted by Crippen LogP contribution is 2.29. The minimum Gasteiger partial charge on any atom is -0.373 e. The second-order valence-electron chi connectivity index (χ2n) is 9.35. The predicted molar refractivity (Wildman–Crippen MR) is 118 cm³/mol. The Bertz CT molecular complexity index is 824. The average molecular weight is 428 g/mol. The van der Waals surface area contributed by atoms with Crippen LogP contribution in [-0.2, 0) is 16.0 Å². The van der Waals surface area contributed by atoms with Crippen LogP contribution in [0.5, 0.6) is 0 Å². The van der Waals surface area contributed by atoms with Crippen molar-refractivity contribution in [3.05, 3.63) is 29.8 Å². The van der Waals surface area contributed by atoms with Crippen LogP contribution < -0.4 is 21.6 Å². The molecule has 0 radical (unpaired) electrons. The van der Waals surface area contributed by atoms with Gasteiger partial charge < -0.3 is 15.1 Å². The molecule has 3 fully saturated rings. The fourth-order valence-electron chi connectivity index (χ4n) is 5.50. The maximum atomic E-state index is 13.2. The Balaban J connectivity index is 1.21. The van der Waals surface area contributed by atoms with Crippen LogP contribution in [0, 0.1) is 5.92 Å². The first-order valence-corrected chi connectivity index (χ1v) is 11.4. The minimum absolute atomic E-state index is 0.0795. The molecule has 2 amide bonds. The number of hydrogen-bond acceptors (Lipinski definition) is 7. The van der Waals surface area contributed by atoms with Crippen LogP contribution in [0.25, 0.3) is 0 Å². The lowest BCUT2D eigenvalue weighted by Gasteiger charge is -2.37. The Morgan fingerprint density at radius 3 is 2.81 bits per heavy atom. The van der Waals surface area contributed by atoms with Crippen molar-refractivity contribution in [3.63, 3.8) is 0 Å². The van der Waals surface area contributed by atoms with Crippen LogP contribution in [0.15, 0.2) is 24.3 Å². The number of hydrazine groups is 2. The first kappa shape index (κ1) is 20.7. The van der Waals surface area contributed by atoms with E-state index in [2.05, 4.69) is 32.7 Å². The third-order valence-electron chi connectivity index (χ3n) is 7.40. The van der Waals surface area contributed by atoms with Gasteiger partial charge in [0.15, 0.2) is 0 Å². The second-order valence-corrected chi connectivity index (χ2v) is 9.35. The van der Waals surface area contributed by atoms with Gasteiger partial charge in [-0.3, -0.25) is 20.4 Å². The van der Waals surface area contributed by atoms with Crippen molar-refractivity contribution in [1.29, 1.82) is 0 Å². The van der Waals surface area contributed by atoms with Crippen LogP contribution in [-0.4, -0.2) is 91.1 Å². The number of likely N-dealkylation sites (tertiary alicyclic amines) is 1. The Labute approximate surface area is 183 Å². The number of benzene rings is 1. The summed E-state index contributed by atoms with van der Waals surface area (Å²) in [5, 5.41) is 5.48. The summed E-state index contributed by atoms with van der Waals surface area (Å²) in [4.78, 5) is 30.3. The van der Waals surface area contributed by atoms with E-state index < -0.39 is 0 Å². The number of anilines is 1. The van der Waals surface area contributed by atoms with Crippen molar-refractivity contribution in [2.75, 3.05) is 45.6 Å². The molecular weight excluding hydrogens is 394 g/mol. The summed E-state index contributed by atoms with van der Waals surface area (Å²) in [6.45, 7) is 2.98. The fourth-order valence-corrected chi connectivity index (χ4v) is 5.50. The number of nitrogens with one attached hydrogen (secondary N) is 4. The number of hydrogen-bond donors (Lipinski definition) is 4. The SMILES string of the molecule is CN(CC1CCNN1C)C(=O)C1NNC2CCN(C(=O)C3Cc4ccccc4N3)CC21. The Hall–Kier alpha value is -2.20. The summed E-state index contributed by atoms with van der Waals surface area (Å²) in [7, 11) is 3.91. The van der Waals surface area contributed by atoms with Crippen molar-refractivity contribution in [1.82, 2.24) is 31.1 Å². The van der Waals surface area contributed by atoms with Crippen LogP contribution in [0.2, 0.25) is 0 Å². The highest BCUT2D eigenvalue weighted by atomic mass is 16.2. The van der Waals surface area contributed by atoms with Gasteiger partial charge in [0.2, 0.25) is 11.8 Å². The van der Waals surface area contributed by atoms with Crippen molar-refractivity contribution >= 4 is 17.5 Å². The summed E-state index contributed by atoms with van der Waals surface area (Å²) in [6.07, 6.45) is 2.62. The number of nitrogens with zero attached hydrogens (tertiary/aromatic N) is 3. The summed E-state index contributed by atoms with van der Waals surface area (Å²) < 4.78 is 0. The molecule has 9 nitrogen and oxygen atoms in total. The quantitative estimate of drug-likeness (QED) is 0.509. The van der Waals surface area contributed by atoms with Gasteiger partial charge in [-0.2, -0.15) is 0 Å². The van der Waals surface area contributed by atoms with Gasteiger partial charge in [0.05, 0.1) is 0 Å². The first-order chi connectivity index (χ1) is 15.0. The normalized spacial score (nSPS) is 32.5. The van der Waals surface area contributed by atoms with Crippen LogP contribution in [0.1, 0.15) is 18.4 Å². The molecule has 4 aliphatic rings. The monoisotopic (exact) mass is 427 g/mol. The van der Waals surface area contributed by atoms with Gasteiger partial charge in [-0.15, -0.1) is 0 Å². The number of para-hydroxylation sites is 1. The van der Waals surface area contributed by atoms with E-state index in [1.54, 1.807) is 0 Å². The molecule has 0 saturated carbocycles. The molecule has 5 unspecified atom stereocenters. The molecule has 9 heteroatoms. The molecule has 5 atom stereocenters. The first-order valence-electron chi connectivity index (χ1n) is 11.4. The standard InChI is InChI=1S/C22H33N7O2/c1-27(12-15-7-9-23-28(15)2)22(31)20-16-13-29(10-8-18(16)25-26-20)21(30)19-11-14-5-3-4-6-17(14)24-19/h3-6,15-16,18-20,23-26H,7-13H2,1-2H3. The average Bonchev–Trinajstić information content (AvgIpc) is 3.50. The van der Waals surface area contributed by atoms with Gasteiger partial charge >= 0.3 is 0 Å². The number of rotatable bonds is 4. The lowest BCUT2D eigenvalue weighted by Crippen LogP contribution is -2.55. The molecule has 0 aromatic heterocycles. The van der Waals surface area contributed by atoms with Crippen molar-refractivity contribution in [2.45, 2.75) is 43.4 Å². The third kappa shape index (κ3) is 3.91. The Kier molecular flexibility index (Phi) is 5.60. The number of carbonyl (C=O) groups is 2. The molecule has 31 heavy (non-hydrogen) atoms. The molecular formula is C22H33N7O2. The Morgan fingerprint density at radius 2 is 2.03 bits per heavy atom. The molecule has 1 aromatic carbocycles. The topological polar surface area (TPSA) is 92.0 Å². The van der Waals surface area contributed by atoms with E-state index in [9.17, 15) is 9.59 Å².